The largest absolute Gasteiger partial charge is 0.465 e. The van der Waals surface area contributed by atoms with Crippen molar-refractivity contribution < 1.29 is 14.7 Å². The van der Waals surface area contributed by atoms with Gasteiger partial charge in [0.1, 0.15) is 0 Å². The number of carbonyl (C=O) groups excluding carboxylic acids is 1. The van der Waals surface area contributed by atoms with E-state index < -0.39 is 6.09 Å². The van der Waals surface area contributed by atoms with Crippen LogP contribution in [0.1, 0.15) is 37.4 Å². The van der Waals surface area contributed by atoms with Gasteiger partial charge in [0.2, 0.25) is 5.91 Å². The molecule has 144 valence electrons. The summed E-state index contributed by atoms with van der Waals surface area (Å²) in [6, 6.07) is 13.3. The third-order valence-corrected chi connectivity index (χ3v) is 4.84. The summed E-state index contributed by atoms with van der Waals surface area (Å²) in [5.41, 5.74) is 10.3. The second-order valence-electron chi connectivity index (χ2n) is 6.65. The average molecular weight is 390 g/mol. The van der Waals surface area contributed by atoms with Crippen LogP contribution in [0, 0.1) is 0 Å². The summed E-state index contributed by atoms with van der Waals surface area (Å²) in [5, 5.41) is 11.8. The van der Waals surface area contributed by atoms with Crippen molar-refractivity contribution in [2.75, 3.05) is 4.90 Å². The lowest BCUT2D eigenvalue weighted by Gasteiger charge is -2.39. The normalized spacial score (nSPS) is 18.3. The zero-order valence-corrected chi connectivity index (χ0v) is 16.1. The number of hydrogen-bond acceptors (Lipinski definition) is 3. The molecule has 27 heavy (non-hydrogen) atoms. The van der Waals surface area contributed by atoms with Gasteiger partial charge in [-0.3, -0.25) is 4.79 Å². The van der Waals surface area contributed by atoms with Crippen molar-refractivity contribution in [3.05, 3.63) is 53.6 Å². The van der Waals surface area contributed by atoms with Crippen LogP contribution in [0.25, 0.3) is 11.1 Å². The van der Waals surface area contributed by atoms with Crippen molar-refractivity contribution in [3.8, 4) is 11.1 Å². The first-order valence-corrected chi connectivity index (χ1v) is 8.63. The molecule has 0 fully saturated rings. The Bertz CT molecular complexity index is 839. The minimum atomic E-state index is -1.07. The molecule has 0 spiro atoms. The molecular formula is C20H24ClN3O3. The monoisotopic (exact) mass is 389 g/mol. The van der Waals surface area contributed by atoms with E-state index in [1.54, 1.807) is 4.90 Å². The second-order valence-corrected chi connectivity index (χ2v) is 6.65. The van der Waals surface area contributed by atoms with Crippen LogP contribution in [0.3, 0.4) is 0 Å². The molecule has 0 bridgehead atoms. The number of anilines is 1. The summed E-state index contributed by atoms with van der Waals surface area (Å²) in [6.07, 6.45) is -0.531. The highest BCUT2D eigenvalue weighted by Crippen LogP contribution is 2.39. The highest BCUT2D eigenvalue weighted by Gasteiger charge is 2.33. The highest BCUT2D eigenvalue weighted by atomic mass is 35.5. The Labute approximate surface area is 164 Å². The molecule has 2 atom stereocenters. The van der Waals surface area contributed by atoms with E-state index in [4.69, 9.17) is 5.73 Å². The lowest BCUT2D eigenvalue weighted by molar-refractivity contribution is -0.117. The number of hydrogen-bond donors (Lipinski definition) is 3. The molecular weight excluding hydrogens is 366 g/mol. The third-order valence-electron chi connectivity index (χ3n) is 4.84. The van der Waals surface area contributed by atoms with Gasteiger partial charge < -0.3 is 21.1 Å². The van der Waals surface area contributed by atoms with Crippen LogP contribution in [-0.2, 0) is 11.3 Å². The molecule has 0 aliphatic carbocycles. The Morgan fingerprint density at radius 2 is 1.81 bits per heavy atom. The highest BCUT2D eigenvalue weighted by molar-refractivity contribution is 5.94. The van der Waals surface area contributed by atoms with E-state index in [9.17, 15) is 14.7 Å². The molecule has 2 aromatic rings. The lowest BCUT2D eigenvalue weighted by Crippen LogP contribution is -2.45. The molecule has 0 radical (unpaired) electrons. The van der Waals surface area contributed by atoms with Crippen molar-refractivity contribution in [3.63, 3.8) is 0 Å². The van der Waals surface area contributed by atoms with Crippen LogP contribution in [0.15, 0.2) is 42.5 Å². The van der Waals surface area contributed by atoms with Crippen LogP contribution < -0.4 is 16.0 Å². The number of carbonyl (C=O) groups is 2. The Morgan fingerprint density at radius 1 is 1.19 bits per heavy atom. The van der Waals surface area contributed by atoms with Crippen LogP contribution in [-0.4, -0.2) is 23.1 Å². The number of rotatable bonds is 3. The first-order valence-electron chi connectivity index (χ1n) is 8.63. The number of nitrogens with zero attached hydrogens (tertiary/aromatic N) is 1. The van der Waals surface area contributed by atoms with Crippen molar-refractivity contribution >= 4 is 30.1 Å². The predicted molar refractivity (Wildman–Crippen MR) is 108 cm³/mol. The molecule has 7 heteroatoms. The van der Waals surface area contributed by atoms with Crippen LogP contribution in [0.2, 0.25) is 0 Å². The lowest BCUT2D eigenvalue weighted by atomic mass is 9.89. The number of amides is 2. The fourth-order valence-electron chi connectivity index (χ4n) is 3.64. The summed E-state index contributed by atoms with van der Waals surface area (Å²) in [4.78, 5) is 25.1. The van der Waals surface area contributed by atoms with Gasteiger partial charge in [-0.15, -0.1) is 12.4 Å². The number of fused-ring (bicyclic) bond motifs is 1. The predicted octanol–water partition coefficient (Wildman–Crippen LogP) is 3.69. The number of carboxylic acid groups (broad SMARTS) is 1. The maximum Gasteiger partial charge on any atom is 0.405 e. The first kappa shape index (κ1) is 20.7. The Morgan fingerprint density at radius 3 is 2.37 bits per heavy atom. The minimum Gasteiger partial charge on any atom is -0.465 e. The van der Waals surface area contributed by atoms with Gasteiger partial charge in [0.05, 0.1) is 6.04 Å². The fraction of sp³-hybridized carbons (Fsp3) is 0.300. The number of nitrogens with one attached hydrogen (secondary N) is 1. The standard InChI is InChI=1S/C20H23N3O3.ClH/c1-12-9-18(22-20(25)26)17-10-16(7-8-19(17)23(12)13(2)24)15-5-3-14(11-21)4-6-15;/h3-8,10,12,18,22H,9,11,21H2,1-2H3,(H,25,26);1H/t12-,18+;/m1./s1. The second kappa shape index (κ2) is 8.41. The molecule has 0 saturated carbocycles. The van der Waals surface area contributed by atoms with Crippen molar-refractivity contribution in [1.82, 2.24) is 5.32 Å². The van der Waals surface area contributed by atoms with E-state index in [-0.39, 0.29) is 30.4 Å². The summed E-state index contributed by atoms with van der Waals surface area (Å²) >= 11 is 0. The summed E-state index contributed by atoms with van der Waals surface area (Å²) in [6.45, 7) is 3.95. The molecule has 2 aromatic carbocycles. The molecule has 1 aliphatic rings. The third kappa shape index (κ3) is 4.23. The zero-order chi connectivity index (χ0) is 18.8. The van der Waals surface area contributed by atoms with E-state index in [0.29, 0.717) is 13.0 Å². The molecule has 2 amide bonds. The van der Waals surface area contributed by atoms with Gasteiger partial charge in [0.15, 0.2) is 0 Å². The number of halogens is 1. The summed E-state index contributed by atoms with van der Waals surface area (Å²) < 4.78 is 0. The van der Waals surface area contributed by atoms with Gasteiger partial charge >= 0.3 is 6.09 Å². The van der Waals surface area contributed by atoms with Crippen molar-refractivity contribution in [1.29, 1.82) is 0 Å². The molecule has 0 aromatic heterocycles. The van der Waals surface area contributed by atoms with E-state index in [0.717, 1.165) is 27.9 Å². The van der Waals surface area contributed by atoms with Crippen molar-refractivity contribution in [2.45, 2.75) is 38.9 Å². The maximum atomic E-state index is 12.1. The Balaban J connectivity index is 0.00000261. The number of benzene rings is 2. The van der Waals surface area contributed by atoms with Crippen LogP contribution >= 0.6 is 12.4 Å². The van der Waals surface area contributed by atoms with Gasteiger partial charge in [-0.05, 0) is 47.7 Å². The molecule has 3 rings (SSSR count). The number of nitrogens with two attached hydrogens (primary N) is 1. The topological polar surface area (TPSA) is 95.7 Å². The van der Waals surface area contributed by atoms with Gasteiger partial charge in [0, 0.05) is 25.2 Å². The Kier molecular flexibility index (Phi) is 6.46. The fourth-order valence-corrected chi connectivity index (χ4v) is 3.64. The quantitative estimate of drug-likeness (QED) is 0.745. The first-order chi connectivity index (χ1) is 12.4. The molecule has 0 saturated heterocycles. The van der Waals surface area contributed by atoms with E-state index in [1.807, 2.05) is 49.4 Å². The Hall–Kier alpha value is -2.57. The maximum absolute atomic E-state index is 12.1. The van der Waals surface area contributed by atoms with Crippen LogP contribution in [0.5, 0.6) is 0 Å². The van der Waals surface area contributed by atoms with E-state index in [1.165, 1.54) is 6.92 Å². The van der Waals surface area contributed by atoms with E-state index in [2.05, 4.69) is 5.32 Å². The zero-order valence-electron chi connectivity index (χ0n) is 15.3. The molecule has 0 unspecified atom stereocenters. The van der Waals surface area contributed by atoms with Gasteiger partial charge in [0.25, 0.3) is 0 Å². The summed E-state index contributed by atoms with van der Waals surface area (Å²) in [5.74, 6) is -0.0485. The van der Waals surface area contributed by atoms with E-state index >= 15 is 0 Å². The van der Waals surface area contributed by atoms with Gasteiger partial charge in [-0.25, -0.2) is 4.79 Å². The van der Waals surface area contributed by atoms with Crippen LogP contribution in [0.4, 0.5) is 10.5 Å². The van der Waals surface area contributed by atoms with Gasteiger partial charge in [-0.1, -0.05) is 30.3 Å². The van der Waals surface area contributed by atoms with Crippen molar-refractivity contribution in [2.24, 2.45) is 5.73 Å². The SMILES string of the molecule is CC(=O)N1c2ccc(-c3ccc(CN)cc3)cc2[C@@H](NC(=O)O)C[C@H]1C.Cl. The molecule has 1 heterocycles. The summed E-state index contributed by atoms with van der Waals surface area (Å²) in [7, 11) is 0. The average Bonchev–Trinajstić information content (AvgIpc) is 2.60. The smallest absolute Gasteiger partial charge is 0.405 e. The minimum absolute atomic E-state index is 0. The molecule has 1 aliphatic heterocycles. The van der Waals surface area contributed by atoms with Gasteiger partial charge in [-0.2, -0.15) is 0 Å². The molecule has 4 N–H and O–H groups in total. The molecule has 6 nitrogen and oxygen atoms in total.